The third-order valence-electron chi connectivity index (χ3n) is 3.89. The van der Waals surface area contributed by atoms with Crippen LogP contribution in [0.25, 0.3) is 6.08 Å². The van der Waals surface area contributed by atoms with Crippen molar-refractivity contribution in [2.24, 2.45) is 0 Å². The monoisotopic (exact) mass is 370 g/mol. The van der Waals surface area contributed by atoms with Crippen molar-refractivity contribution in [1.29, 1.82) is 5.26 Å². The van der Waals surface area contributed by atoms with Crippen LogP contribution in [0.5, 0.6) is 5.75 Å². The quantitative estimate of drug-likeness (QED) is 0.611. The van der Waals surface area contributed by atoms with Gasteiger partial charge in [0.2, 0.25) is 0 Å². The Hall–Kier alpha value is -2.84. The van der Waals surface area contributed by atoms with Gasteiger partial charge in [-0.15, -0.1) is 0 Å². The normalized spacial score (nSPS) is 13.8. The molecule has 0 unspecified atom stereocenters. The van der Waals surface area contributed by atoms with Crippen LogP contribution in [0.3, 0.4) is 0 Å². The van der Waals surface area contributed by atoms with Crippen molar-refractivity contribution in [3.8, 4) is 11.8 Å². The molecule has 0 spiro atoms. The lowest BCUT2D eigenvalue weighted by Crippen LogP contribution is -2.26. The molecule has 6 heteroatoms. The summed E-state index contributed by atoms with van der Waals surface area (Å²) >= 11 is 5.99. The molecule has 3 rings (SSSR count). The first kappa shape index (κ1) is 18.0. The first-order valence-corrected chi connectivity index (χ1v) is 8.53. The largest absolute Gasteiger partial charge is 0.489 e. The summed E-state index contributed by atoms with van der Waals surface area (Å²) in [4.78, 5) is 12.0. The molecule has 1 aliphatic rings. The maximum absolute atomic E-state index is 13.8. The number of nitrogens with zero attached hydrogens (tertiary/aromatic N) is 1. The average molecular weight is 371 g/mol. The van der Waals surface area contributed by atoms with Crippen LogP contribution in [0.4, 0.5) is 4.39 Å². The minimum Gasteiger partial charge on any atom is -0.489 e. The highest BCUT2D eigenvalue weighted by Crippen LogP contribution is 2.23. The fourth-order valence-electron chi connectivity index (χ4n) is 2.33. The van der Waals surface area contributed by atoms with Gasteiger partial charge in [-0.05, 0) is 48.7 Å². The molecule has 132 valence electrons. The van der Waals surface area contributed by atoms with Crippen molar-refractivity contribution in [1.82, 2.24) is 5.32 Å². The van der Waals surface area contributed by atoms with Gasteiger partial charge >= 0.3 is 0 Å². The summed E-state index contributed by atoms with van der Waals surface area (Å²) in [7, 11) is 0. The van der Waals surface area contributed by atoms with Crippen molar-refractivity contribution in [2.75, 3.05) is 0 Å². The van der Waals surface area contributed by atoms with Crippen LogP contribution in [-0.2, 0) is 11.4 Å². The van der Waals surface area contributed by atoms with Crippen molar-refractivity contribution in [3.05, 3.63) is 70.0 Å². The van der Waals surface area contributed by atoms with Gasteiger partial charge in [-0.1, -0.05) is 29.8 Å². The highest BCUT2D eigenvalue weighted by Gasteiger charge is 2.24. The van der Waals surface area contributed by atoms with Gasteiger partial charge < -0.3 is 10.1 Å². The molecule has 0 aliphatic heterocycles. The first-order valence-electron chi connectivity index (χ1n) is 8.15. The lowest BCUT2D eigenvalue weighted by atomic mass is 10.1. The third-order valence-corrected chi connectivity index (χ3v) is 4.25. The van der Waals surface area contributed by atoms with Gasteiger partial charge in [0.05, 0.1) is 5.02 Å². The number of carbonyl (C=O) groups is 1. The zero-order valence-electron chi connectivity index (χ0n) is 13.8. The van der Waals surface area contributed by atoms with E-state index < -0.39 is 5.82 Å². The Kier molecular flexibility index (Phi) is 5.55. The van der Waals surface area contributed by atoms with E-state index in [1.165, 1.54) is 18.2 Å². The Morgan fingerprint density at radius 2 is 2.12 bits per heavy atom. The highest BCUT2D eigenvalue weighted by atomic mass is 35.5. The zero-order valence-corrected chi connectivity index (χ0v) is 14.6. The number of rotatable bonds is 6. The van der Waals surface area contributed by atoms with Crippen molar-refractivity contribution in [3.63, 3.8) is 0 Å². The molecule has 0 aromatic heterocycles. The molecule has 1 saturated carbocycles. The number of ether oxygens (including phenoxy) is 1. The second-order valence-corrected chi connectivity index (χ2v) is 6.39. The summed E-state index contributed by atoms with van der Waals surface area (Å²) in [6.07, 6.45) is 3.40. The lowest BCUT2D eigenvalue weighted by Gasteiger charge is -2.09. The smallest absolute Gasteiger partial charge is 0.262 e. The second-order valence-electron chi connectivity index (χ2n) is 5.98. The van der Waals surface area contributed by atoms with Gasteiger partial charge in [0, 0.05) is 11.6 Å². The Bertz CT molecular complexity index is 881. The van der Waals surface area contributed by atoms with Crippen molar-refractivity contribution < 1.29 is 13.9 Å². The Balaban J connectivity index is 1.72. The van der Waals surface area contributed by atoms with Crippen LogP contribution in [0.15, 0.2) is 48.0 Å². The molecule has 26 heavy (non-hydrogen) atoms. The van der Waals surface area contributed by atoms with Gasteiger partial charge in [0.1, 0.15) is 29.8 Å². The van der Waals surface area contributed by atoms with Crippen LogP contribution >= 0.6 is 11.6 Å². The van der Waals surface area contributed by atoms with Crippen LogP contribution < -0.4 is 10.1 Å². The molecular formula is C20H16ClFN2O2. The summed E-state index contributed by atoms with van der Waals surface area (Å²) in [6.45, 7) is -0.0219. The van der Waals surface area contributed by atoms with Crippen molar-refractivity contribution >= 4 is 23.6 Å². The minimum atomic E-state index is -0.433. The van der Waals surface area contributed by atoms with E-state index in [9.17, 15) is 14.4 Å². The fraction of sp³-hybridized carbons (Fsp3) is 0.200. The number of carbonyl (C=O) groups excluding carboxylic acids is 1. The van der Waals surface area contributed by atoms with Crippen LogP contribution in [0.2, 0.25) is 5.02 Å². The summed E-state index contributed by atoms with van der Waals surface area (Å²) in [5.74, 6) is -0.325. The molecule has 0 bridgehead atoms. The highest BCUT2D eigenvalue weighted by molar-refractivity contribution is 6.31. The van der Waals surface area contributed by atoms with E-state index in [2.05, 4.69) is 5.32 Å². The number of benzene rings is 2. The molecule has 1 N–H and O–H groups in total. The SMILES string of the molecule is N#C/C(=C\c1cccc(OCc2c(F)cccc2Cl)c1)C(=O)NC1CC1. The number of amides is 1. The van der Waals surface area contributed by atoms with Crippen LogP contribution in [0, 0.1) is 17.1 Å². The molecule has 1 fully saturated rings. The molecule has 0 radical (unpaired) electrons. The molecule has 4 nitrogen and oxygen atoms in total. The molecule has 1 aliphatic carbocycles. The maximum Gasteiger partial charge on any atom is 0.262 e. The van der Waals surface area contributed by atoms with Crippen molar-refractivity contribution in [2.45, 2.75) is 25.5 Å². The summed E-state index contributed by atoms with van der Waals surface area (Å²) in [5.41, 5.74) is 0.951. The standard InChI is InChI=1S/C20H16ClFN2O2/c21-18-5-2-6-19(22)17(18)12-26-16-4-1-3-13(10-16)9-14(11-23)20(25)24-15-7-8-15/h1-6,9-10,15H,7-8,12H2,(H,24,25)/b14-9+. The zero-order chi connectivity index (χ0) is 18.5. The number of hydrogen-bond acceptors (Lipinski definition) is 3. The third kappa shape index (κ3) is 4.62. The van der Waals surface area contributed by atoms with E-state index in [0.717, 1.165) is 12.8 Å². The predicted octanol–water partition coefficient (Wildman–Crippen LogP) is 4.24. The van der Waals surface area contributed by atoms with E-state index in [1.807, 2.05) is 6.07 Å². The topological polar surface area (TPSA) is 62.1 Å². The van der Waals surface area contributed by atoms with Crippen LogP contribution in [0.1, 0.15) is 24.0 Å². The minimum absolute atomic E-state index is 0.0219. The number of hydrogen-bond donors (Lipinski definition) is 1. The Labute approximate surface area is 155 Å². The fourth-order valence-corrected chi connectivity index (χ4v) is 2.54. The Morgan fingerprint density at radius 1 is 1.35 bits per heavy atom. The molecular weight excluding hydrogens is 355 g/mol. The molecule has 0 saturated heterocycles. The molecule has 2 aromatic carbocycles. The van der Waals surface area contributed by atoms with Crippen LogP contribution in [-0.4, -0.2) is 11.9 Å². The Morgan fingerprint density at radius 3 is 2.81 bits per heavy atom. The van der Waals surface area contributed by atoms with Gasteiger partial charge in [0.25, 0.3) is 5.91 Å². The first-order chi connectivity index (χ1) is 12.6. The van der Waals surface area contributed by atoms with E-state index in [-0.39, 0.29) is 29.7 Å². The van der Waals surface area contributed by atoms with E-state index in [1.54, 1.807) is 30.3 Å². The second kappa shape index (κ2) is 8.03. The summed E-state index contributed by atoms with van der Waals surface area (Å²) < 4.78 is 19.4. The predicted molar refractivity (Wildman–Crippen MR) is 96.9 cm³/mol. The molecule has 0 heterocycles. The van der Waals surface area contributed by atoms with E-state index in [4.69, 9.17) is 16.3 Å². The average Bonchev–Trinajstić information content (AvgIpc) is 3.43. The number of nitriles is 1. The van der Waals surface area contributed by atoms with Gasteiger partial charge in [0.15, 0.2) is 0 Å². The summed E-state index contributed by atoms with van der Waals surface area (Å²) in [5, 5.41) is 12.3. The van der Waals surface area contributed by atoms with E-state index in [0.29, 0.717) is 16.3 Å². The molecule has 0 atom stereocenters. The molecule has 1 amide bonds. The maximum atomic E-state index is 13.8. The summed E-state index contributed by atoms with van der Waals surface area (Å²) in [6, 6.07) is 13.4. The van der Waals surface area contributed by atoms with Gasteiger partial charge in [-0.2, -0.15) is 5.26 Å². The van der Waals surface area contributed by atoms with E-state index >= 15 is 0 Å². The number of halogens is 2. The van der Waals surface area contributed by atoms with Gasteiger partial charge in [-0.3, -0.25) is 4.79 Å². The number of nitrogens with one attached hydrogen (secondary N) is 1. The molecule has 2 aromatic rings. The lowest BCUT2D eigenvalue weighted by molar-refractivity contribution is -0.117. The van der Waals surface area contributed by atoms with Gasteiger partial charge in [-0.25, -0.2) is 4.39 Å².